The number of halogens is 1. The van der Waals surface area contributed by atoms with Crippen LogP contribution < -0.4 is 5.43 Å². The number of hydrogen-bond acceptors (Lipinski definition) is 4. The zero-order chi connectivity index (χ0) is 9.14. The quantitative estimate of drug-likeness (QED) is 0.559. The van der Waals surface area contributed by atoms with Crippen LogP contribution in [0.3, 0.4) is 0 Å². The van der Waals surface area contributed by atoms with Crippen LogP contribution in [-0.2, 0) is 0 Å². The number of nitrogens with one attached hydrogen (secondary N) is 1. The molecule has 0 aliphatic carbocycles. The van der Waals surface area contributed by atoms with Crippen LogP contribution in [-0.4, -0.2) is 29.1 Å². The van der Waals surface area contributed by atoms with Gasteiger partial charge in [0.25, 0.3) is 0 Å². The summed E-state index contributed by atoms with van der Waals surface area (Å²) in [5, 5.41) is 2.05. The van der Waals surface area contributed by atoms with E-state index < -0.39 is 0 Å². The van der Waals surface area contributed by atoms with Crippen molar-refractivity contribution >= 4 is 17.4 Å². The van der Waals surface area contributed by atoms with E-state index >= 15 is 0 Å². The Morgan fingerprint density at radius 3 is 2.75 bits per heavy atom. The van der Waals surface area contributed by atoms with Gasteiger partial charge in [0.15, 0.2) is 0 Å². The molecule has 0 atom stereocenters. The summed E-state index contributed by atoms with van der Waals surface area (Å²) in [4.78, 5) is 7.86. The Kier molecular flexibility index (Phi) is 2.83. The van der Waals surface area contributed by atoms with Gasteiger partial charge >= 0.3 is 0 Å². The van der Waals surface area contributed by atoms with Gasteiger partial charge in [0.1, 0.15) is 5.82 Å². The van der Waals surface area contributed by atoms with Crippen molar-refractivity contribution in [1.82, 2.24) is 15.0 Å². The van der Waals surface area contributed by atoms with E-state index in [2.05, 4.69) is 15.4 Å². The van der Waals surface area contributed by atoms with Crippen molar-refractivity contribution in [3.63, 3.8) is 0 Å². The van der Waals surface area contributed by atoms with E-state index in [4.69, 9.17) is 11.6 Å². The van der Waals surface area contributed by atoms with E-state index in [1.54, 1.807) is 11.2 Å². The summed E-state index contributed by atoms with van der Waals surface area (Å²) < 4.78 is 0. The maximum absolute atomic E-state index is 5.62. The normalized spacial score (nSPS) is 10.4. The second-order valence-electron chi connectivity index (χ2n) is 2.68. The summed E-state index contributed by atoms with van der Waals surface area (Å²) >= 11 is 5.62. The highest BCUT2D eigenvalue weighted by Crippen LogP contribution is 2.12. The third-order valence-corrected chi connectivity index (χ3v) is 1.45. The highest BCUT2D eigenvalue weighted by Gasteiger charge is 2.01. The molecule has 0 saturated carbocycles. The number of nitrogens with zero attached hydrogens (tertiary/aromatic N) is 3. The van der Waals surface area contributed by atoms with Gasteiger partial charge in [-0.25, -0.2) is 9.99 Å². The van der Waals surface area contributed by atoms with Crippen molar-refractivity contribution in [3.05, 3.63) is 17.0 Å². The average molecular weight is 187 g/mol. The summed E-state index contributed by atoms with van der Waals surface area (Å²) in [6, 6.07) is 0. The first-order valence-corrected chi connectivity index (χ1v) is 3.90. The predicted molar refractivity (Wildman–Crippen MR) is 49.1 cm³/mol. The molecule has 12 heavy (non-hydrogen) atoms. The number of hydrazine groups is 1. The molecule has 1 N–H and O–H groups in total. The lowest BCUT2D eigenvalue weighted by Gasteiger charge is -2.13. The SMILES string of the molecule is Cc1cnc(Cl)nc1NN(C)C. The molecular weight excluding hydrogens is 176 g/mol. The van der Waals surface area contributed by atoms with Crippen LogP contribution in [0.5, 0.6) is 0 Å². The Bertz CT molecular complexity index is 274. The molecule has 0 aromatic carbocycles. The third-order valence-electron chi connectivity index (χ3n) is 1.27. The van der Waals surface area contributed by atoms with Gasteiger partial charge in [-0.15, -0.1) is 0 Å². The van der Waals surface area contributed by atoms with Crippen LogP contribution in [0, 0.1) is 6.92 Å². The maximum Gasteiger partial charge on any atom is 0.224 e. The van der Waals surface area contributed by atoms with Crippen molar-refractivity contribution in [2.24, 2.45) is 0 Å². The lowest BCUT2D eigenvalue weighted by Crippen LogP contribution is -2.21. The molecule has 1 rings (SSSR count). The molecule has 1 heterocycles. The minimum absolute atomic E-state index is 0.255. The second kappa shape index (κ2) is 3.69. The topological polar surface area (TPSA) is 41.1 Å². The van der Waals surface area contributed by atoms with Crippen molar-refractivity contribution < 1.29 is 0 Å². The van der Waals surface area contributed by atoms with E-state index in [1.165, 1.54) is 0 Å². The van der Waals surface area contributed by atoms with E-state index in [-0.39, 0.29) is 5.28 Å². The van der Waals surface area contributed by atoms with E-state index in [1.807, 2.05) is 21.0 Å². The number of hydrogen-bond donors (Lipinski definition) is 1. The summed E-state index contributed by atoms with van der Waals surface area (Å²) in [6.45, 7) is 1.92. The van der Waals surface area contributed by atoms with Gasteiger partial charge in [-0.1, -0.05) is 0 Å². The fourth-order valence-corrected chi connectivity index (χ4v) is 0.879. The summed E-state index contributed by atoms with van der Waals surface area (Å²) in [6.07, 6.45) is 1.68. The molecule has 1 aromatic rings. The van der Waals surface area contributed by atoms with Gasteiger partial charge in [-0.3, -0.25) is 0 Å². The Labute approximate surface area is 76.5 Å². The van der Waals surface area contributed by atoms with Crippen LogP contribution in [0.2, 0.25) is 5.28 Å². The highest BCUT2D eigenvalue weighted by molar-refractivity contribution is 6.28. The van der Waals surface area contributed by atoms with Crippen LogP contribution in [0.15, 0.2) is 6.20 Å². The molecule has 0 fully saturated rings. The van der Waals surface area contributed by atoms with Crippen LogP contribution in [0.4, 0.5) is 5.82 Å². The molecular formula is C7H11ClN4. The summed E-state index contributed by atoms with van der Waals surface area (Å²) in [7, 11) is 3.77. The van der Waals surface area contributed by atoms with Crippen molar-refractivity contribution in [2.45, 2.75) is 6.92 Å². The van der Waals surface area contributed by atoms with Gasteiger partial charge in [-0.05, 0) is 18.5 Å². The molecule has 5 heteroatoms. The summed E-state index contributed by atoms with van der Waals surface area (Å²) in [5.41, 5.74) is 3.98. The lowest BCUT2D eigenvalue weighted by molar-refractivity contribution is 0.491. The molecule has 0 amide bonds. The lowest BCUT2D eigenvalue weighted by atomic mass is 10.3. The number of rotatable bonds is 2. The van der Waals surface area contributed by atoms with Gasteiger partial charge in [0.05, 0.1) is 0 Å². The highest BCUT2D eigenvalue weighted by atomic mass is 35.5. The monoisotopic (exact) mass is 186 g/mol. The van der Waals surface area contributed by atoms with Gasteiger partial charge in [0.2, 0.25) is 5.28 Å². The molecule has 0 saturated heterocycles. The molecule has 0 aliphatic heterocycles. The maximum atomic E-state index is 5.62. The number of anilines is 1. The first kappa shape index (κ1) is 9.22. The van der Waals surface area contributed by atoms with Crippen LogP contribution >= 0.6 is 11.6 Å². The first-order chi connectivity index (χ1) is 5.59. The van der Waals surface area contributed by atoms with Gasteiger partial charge in [0, 0.05) is 25.9 Å². The second-order valence-corrected chi connectivity index (χ2v) is 3.01. The zero-order valence-corrected chi connectivity index (χ0v) is 8.05. The molecule has 0 spiro atoms. The van der Waals surface area contributed by atoms with Crippen molar-refractivity contribution in [2.75, 3.05) is 19.5 Å². The van der Waals surface area contributed by atoms with Crippen LogP contribution in [0.1, 0.15) is 5.56 Å². The fraction of sp³-hybridized carbons (Fsp3) is 0.429. The summed E-state index contributed by atoms with van der Waals surface area (Å²) in [5.74, 6) is 0.736. The fourth-order valence-electron chi connectivity index (χ4n) is 0.746. The first-order valence-electron chi connectivity index (χ1n) is 3.52. The average Bonchev–Trinajstić information content (AvgIpc) is 1.96. The van der Waals surface area contributed by atoms with Gasteiger partial charge in [-0.2, -0.15) is 4.98 Å². The largest absolute Gasteiger partial charge is 0.303 e. The van der Waals surface area contributed by atoms with Crippen molar-refractivity contribution in [1.29, 1.82) is 0 Å². The van der Waals surface area contributed by atoms with Crippen molar-refractivity contribution in [3.8, 4) is 0 Å². The molecule has 0 radical (unpaired) electrons. The number of aryl methyl sites for hydroxylation is 1. The Morgan fingerprint density at radius 2 is 2.17 bits per heavy atom. The predicted octanol–water partition coefficient (Wildman–Crippen LogP) is 1.33. The molecule has 0 unspecified atom stereocenters. The van der Waals surface area contributed by atoms with E-state index in [0.717, 1.165) is 11.4 Å². The third kappa shape index (κ3) is 2.32. The van der Waals surface area contributed by atoms with Crippen LogP contribution in [0.25, 0.3) is 0 Å². The molecule has 0 bridgehead atoms. The minimum Gasteiger partial charge on any atom is -0.303 e. The standard InChI is InChI=1S/C7H11ClN4/c1-5-4-9-7(8)10-6(5)11-12(2)3/h4H,1-3H3,(H,9,10,11). The Morgan fingerprint density at radius 1 is 1.50 bits per heavy atom. The Hall–Kier alpha value is -0.870. The smallest absolute Gasteiger partial charge is 0.224 e. The molecule has 66 valence electrons. The van der Waals surface area contributed by atoms with Gasteiger partial charge < -0.3 is 5.43 Å². The Balaban J connectivity index is 2.90. The van der Waals surface area contributed by atoms with E-state index in [0.29, 0.717) is 0 Å². The molecule has 1 aromatic heterocycles. The number of aromatic nitrogens is 2. The molecule has 4 nitrogen and oxygen atoms in total. The minimum atomic E-state index is 0.255. The molecule has 0 aliphatic rings. The van der Waals surface area contributed by atoms with E-state index in [9.17, 15) is 0 Å². The zero-order valence-electron chi connectivity index (χ0n) is 7.30.